The second kappa shape index (κ2) is 6.25. The maximum Gasteiger partial charge on any atom is 0.0942 e. The van der Waals surface area contributed by atoms with Gasteiger partial charge in [0.25, 0.3) is 0 Å². The molecule has 1 fully saturated rings. The highest BCUT2D eigenvalue weighted by atomic mass is 16.3. The number of hydrogen-bond acceptors (Lipinski definition) is 3. The molecule has 1 N–H and O–H groups in total. The molecule has 20 heavy (non-hydrogen) atoms. The summed E-state index contributed by atoms with van der Waals surface area (Å²) in [4.78, 5) is 4.72. The number of nitrogens with zero attached hydrogens (tertiary/aromatic N) is 2. The Labute approximate surface area is 123 Å². The average Bonchev–Trinajstić information content (AvgIpc) is 2.80. The fourth-order valence-electron chi connectivity index (χ4n) is 3.23. The van der Waals surface area contributed by atoms with Gasteiger partial charge < -0.3 is 10.0 Å². The molecule has 1 heterocycles. The average molecular weight is 276 g/mol. The number of aliphatic hydroxyl groups excluding tert-OH is 1. The Morgan fingerprint density at radius 3 is 2.30 bits per heavy atom. The van der Waals surface area contributed by atoms with Crippen LogP contribution in [0.15, 0.2) is 24.3 Å². The molecule has 3 heteroatoms. The summed E-state index contributed by atoms with van der Waals surface area (Å²) in [7, 11) is 4.29. The van der Waals surface area contributed by atoms with Crippen molar-refractivity contribution in [1.29, 1.82) is 0 Å². The quantitative estimate of drug-likeness (QED) is 0.914. The van der Waals surface area contributed by atoms with E-state index in [0.717, 1.165) is 18.7 Å². The smallest absolute Gasteiger partial charge is 0.0942 e. The number of aryl methyl sites for hydroxylation is 1. The fourth-order valence-corrected chi connectivity index (χ4v) is 3.23. The first kappa shape index (κ1) is 15.5. The lowest BCUT2D eigenvalue weighted by atomic mass is 10.0. The zero-order valence-corrected chi connectivity index (χ0v) is 13.4. The van der Waals surface area contributed by atoms with E-state index in [2.05, 4.69) is 56.8 Å². The van der Waals surface area contributed by atoms with Gasteiger partial charge in [-0.3, -0.25) is 4.90 Å². The summed E-state index contributed by atoms with van der Waals surface area (Å²) >= 11 is 0. The predicted octanol–water partition coefficient (Wildman–Crippen LogP) is 2.30. The van der Waals surface area contributed by atoms with Gasteiger partial charge in [-0.2, -0.15) is 0 Å². The highest BCUT2D eigenvalue weighted by molar-refractivity contribution is 5.24. The first-order valence-electron chi connectivity index (χ1n) is 7.55. The Bertz CT molecular complexity index is 429. The van der Waals surface area contributed by atoms with Crippen molar-refractivity contribution in [2.24, 2.45) is 5.92 Å². The lowest BCUT2D eigenvalue weighted by Gasteiger charge is -2.29. The van der Waals surface area contributed by atoms with Crippen molar-refractivity contribution in [3.8, 4) is 0 Å². The second-order valence-electron chi connectivity index (χ2n) is 6.56. The lowest BCUT2D eigenvalue weighted by molar-refractivity contribution is 0.0673. The van der Waals surface area contributed by atoms with Gasteiger partial charge in [0.15, 0.2) is 0 Å². The molecule has 1 saturated heterocycles. The van der Waals surface area contributed by atoms with Crippen LogP contribution in [0.1, 0.15) is 31.1 Å². The van der Waals surface area contributed by atoms with E-state index in [1.165, 1.54) is 5.56 Å². The summed E-state index contributed by atoms with van der Waals surface area (Å²) in [5, 5.41) is 10.6. The molecule has 0 saturated carbocycles. The summed E-state index contributed by atoms with van der Waals surface area (Å²) in [5.41, 5.74) is 2.25. The van der Waals surface area contributed by atoms with Crippen LogP contribution in [0.2, 0.25) is 0 Å². The van der Waals surface area contributed by atoms with E-state index in [1.807, 2.05) is 12.1 Å². The molecular weight excluding hydrogens is 248 g/mol. The third-order valence-electron chi connectivity index (χ3n) is 4.72. The maximum absolute atomic E-state index is 10.6. The van der Waals surface area contributed by atoms with Gasteiger partial charge in [0, 0.05) is 25.2 Å². The molecule has 0 spiro atoms. The van der Waals surface area contributed by atoms with E-state index < -0.39 is 6.10 Å². The van der Waals surface area contributed by atoms with Crippen molar-refractivity contribution in [2.45, 2.75) is 39.0 Å². The molecule has 0 aliphatic carbocycles. The molecule has 1 aliphatic rings. The minimum atomic E-state index is -0.413. The molecule has 1 aromatic carbocycles. The van der Waals surface area contributed by atoms with E-state index in [4.69, 9.17) is 0 Å². The molecule has 0 amide bonds. The molecule has 4 unspecified atom stereocenters. The number of likely N-dealkylation sites (N-methyl/N-ethyl adjacent to an activating group) is 1. The second-order valence-corrected chi connectivity index (χ2v) is 6.56. The van der Waals surface area contributed by atoms with Gasteiger partial charge in [-0.25, -0.2) is 0 Å². The zero-order valence-electron chi connectivity index (χ0n) is 13.4. The van der Waals surface area contributed by atoms with Gasteiger partial charge in [-0.15, -0.1) is 0 Å². The third kappa shape index (κ3) is 3.22. The summed E-state index contributed by atoms with van der Waals surface area (Å²) in [6.07, 6.45) is -0.413. The number of likely N-dealkylation sites (tertiary alicyclic amines) is 1. The van der Waals surface area contributed by atoms with Crippen molar-refractivity contribution >= 4 is 0 Å². The molecular formula is C17H28N2O. The number of rotatable bonds is 4. The Hall–Kier alpha value is -0.900. The van der Waals surface area contributed by atoms with Gasteiger partial charge in [-0.05, 0) is 39.4 Å². The summed E-state index contributed by atoms with van der Waals surface area (Å²) in [6, 6.07) is 8.97. The number of hydrogen-bond donors (Lipinski definition) is 1. The standard InChI is InChI=1S/C17H28N2O/c1-12-6-8-15(9-7-12)17(20)14(3)19-10-13(2)16(11-19)18(4)5/h6-9,13-14,16-17,20H,10-11H2,1-5H3. The van der Waals surface area contributed by atoms with Crippen molar-refractivity contribution < 1.29 is 5.11 Å². The van der Waals surface area contributed by atoms with E-state index in [9.17, 15) is 5.11 Å². The van der Waals surface area contributed by atoms with Gasteiger partial charge >= 0.3 is 0 Å². The van der Waals surface area contributed by atoms with Crippen molar-refractivity contribution in [2.75, 3.05) is 27.2 Å². The number of aliphatic hydroxyl groups is 1. The molecule has 0 aromatic heterocycles. The van der Waals surface area contributed by atoms with Crippen LogP contribution in [0.5, 0.6) is 0 Å². The van der Waals surface area contributed by atoms with Crippen LogP contribution in [-0.4, -0.2) is 54.2 Å². The van der Waals surface area contributed by atoms with E-state index >= 15 is 0 Å². The van der Waals surface area contributed by atoms with Crippen LogP contribution in [-0.2, 0) is 0 Å². The lowest BCUT2D eigenvalue weighted by Crippen LogP contribution is -2.39. The van der Waals surface area contributed by atoms with Crippen molar-refractivity contribution in [1.82, 2.24) is 9.80 Å². The van der Waals surface area contributed by atoms with Crippen molar-refractivity contribution in [3.05, 3.63) is 35.4 Å². The largest absolute Gasteiger partial charge is 0.387 e. The Balaban J connectivity index is 2.04. The summed E-state index contributed by atoms with van der Waals surface area (Å²) in [5.74, 6) is 0.651. The molecule has 4 atom stereocenters. The SMILES string of the molecule is Cc1ccc(C(O)C(C)N2CC(C)C(N(C)C)C2)cc1. The van der Waals surface area contributed by atoms with Crippen LogP contribution in [0, 0.1) is 12.8 Å². The molecule has 2 rings (SSSR count). The van der Waals surface area contributed by atoms with E-state index in [-0.39, 0.29) is 6.04 Å². The predicted molar refractivity (Wildman–Crippen MR) is 83.8 cm³/mol. The maximum atomic E-state index is 10.6. The van der Waals surface area contributed by atoms with Gasteiger partial charge in [0.05, 0.1) is 6.10 Å². The normalized spacial score (nSPS) is 26.9. The summed E-state index contributed by atoms with van der Waals surface area (Å²) < 4.78 is 0. The molecule has 0 radical (unpaired) electrons. The molecule has 3 nitrogen and oxygen atoms in total. The Morgan fingerprint density at radius 1 is 1.20 bits per heavy atom. The fraction of sp³-hybridized carbons (Fsp3) is 0.647. The van der Waals surface area contributed by atoms with Crippen molar-refractivity contribution in [3.63, 3.8) is 0 Å². The van der Waals surface area contributed by atoms with Crippen LogP contribution in [0.4, 0.5) is 0 Å². The minimum absolute atomic E-state index is 0.158. The highest BCUT2D eigenvalue weighted by Gasteiger charge is 2.35. The van der Waals surface area contributed by atoms with Crippen LogP contribution < -0.4 is 0 Å². The van der Waals surface area contributed by atoms with E-state index in [1.54, 1.807) is 0 Å². The Kier molecular flexibility index (Phi) is 4.84. The van der Waals surface area contributed by atoms with Gasteiger partial charge in [0.1, 0.15) is 0 Å². The van der Waals surface area contributed by atoms with Crippen LogP contribution in [0.25, 0.3) is 0 Å². The third-order valence-corrected chi connectivity index (χ3v) is 4.72. The van der Waals surface area contributed by atoms with Crippen LogP contribution >= 0.6 is 0 Å². The van der Waals surface area contributed by atoms with Gasteiger partial charge in [-0.1, -0.05) is 36.8 Å². The highest BCUT2D eigenvalue weighted by Crippen LogP contribution is 2.28. The molecule has 0 bridgehead atoms. The topological polar surface area (TPSA) is 26.7 Å². The van der Waals surface area contributed by atoms with Crippen LogP contribution in [0.3, 0.4) is 0 Å². The first-order chi connectivity index (χ1) is 9.40. The molecule has 112 valence electrons. The summed E-state index contributed by atoms with van der Waals surface area (Å²) in [6.45, 7) is 8.61. The van der Waals surface area contributed by atoms with Gasteiger partial charge in [0.2, 0.25) is 0 Å². The first-order valence-corrected chi connectivity index (χ1v) is 7.55. The van der Waals surface area contributed by atoms with E-state index in [0.29, 0.717) is 12.0 Å². The molecule has 1 aromatic rings. The number of benzene rings is 1. The Morgan fingerprint density at radius 2 is 1.80 bits per heavy atom. The molecule has 1 aliphatic heterocycles. The monoisotopic (exact) mass is 276 g/mol. The minimum Gasteiger partial charge on any atom is -0.387 e. The zero-order chi connectivity index (χ0) is 14.9.